The lowest BCUT2D eigenvalue weighted by Crippen LogP contribution is -2.04. The Balaban J connectivity index is 3.00. The molecule has 17 heavy (non-hydrogen) atoms. The summed E-state index contributed by atoms with van der Waals surface area (Å²) in [6.45, 7) is 6.93. The van der Waals surface area contributed by atoms with E-state index in [1.807, 2.05) is 6.92 Å². The smallest absolute Gasteiger partial charge is 0.123 e. The molecular formula is C15H23FO. The van der Waals surface area contributed by atoms with Gasteiger partial charge in [-0.05, 0) is 43.9 Å². The third kappa shape index (κ3) is 4.03. The van der Waals surface area contributed by atoms with Crippen molar-refractivity contribution in [1.29, 1.82) is 0 Å². The number of hydrogen-bond acceptors (Lipinski definition) is 1. The summed E-state index contributed by atoms with van der Waals surface area (Å²) >= 11 is 0. The van der Waals surface area contributed by atoms with Crippen LogP contribution < -0.4 is 4.74 Å². The van der Waals surface area contributed by atoms with Gasteiger partial charge in [-0.2, -0.15) is 0 Å². The summed E-state index contributed by atoms with van der Waals surface area (Å²) < 4.78 is 19.0. The molecule has 0 fully saturated rings. The number of benzene rings is 1. The van der Waals surface area contributed by atoms with E-state index in [1.165, 1.54) is 6.07 Å². The first kappa shape index (κ1) is 14.0. The second-order valence-corrected chi connectivity index (χ2v) is 4.39. The van der Waals surface area contributed by atoms with Gasteiger partial charge in [0.05, 0.1) is 6.61 Å². The first-order valence-corrected chi connectivity index (χ1v) is 6.65. The molecule has 1 aromatic carbocycles. The first-order valence-electron chi connectivity index (χ1n) is 6.65. The van der Waals surface area contributed by atoms with Gasteiger partial charge < -0.3 is 4.74 Å². The number of rotatable bonds is 7. The van der Waals surface area contributed by atoms with Crippen molar-refractivity contribution in [2.75, 3.05) is 6.61 Å². The van der Waals surface area contributed by atoms with Crippen molar-refractivity contribution >= 4 is 0 Å². The summed E-state index contributed by atoms with van der Waals surface area (Å²) in [7, 11) is 0. The van der Waals surface area contributed by atoms with Crippen LogP contribution in [0.4, 0.5) is 4.39 Å². The normalized spacial score (nSPS) is 10.9. The monoisotopic (exact) mass is 238 g/mol. The standard InChI is InChI=1S/C15H23FO/c1-4-7-12(8-5-2)14-11-13(16)9-10-15(14)17-6-3/h9-12H,4-8H2,1-3H3. The zero-order chi connectivity index (χ0) is 12.7. The van der Waals surface area contributed by atoms with Crippen LogP contribution in [0.2, 0.25) is 0 Å². The molecule has 0 atom stereocenters. The fourth-order valence-corrected chi connectivity index (χ4v) is 2.28. The Labute approximate surface area is 104 Å². The molecule has 2 heteroatoms. The van der Waals surface area contributed by atoms with Crippen LogP contribution >= 0.6 is 0 Å². The lowest BCUT2D eigenvalue weighted by atomic mass is 9.89. The quantitative estimate of drug-likeness (QED) is 0.656. The molecule has 0 aliphatic rings. The van der Waals surface area contributed by atoms with Gasteiger partial charge in [-0.3, -0.25) is 0 Å². The van der Waals surface area contributed by atoms with Gasteiger partial charge in [0.1, 0.15) is 11.6 Å². The largest absolute Gasteiger partial charge is 0.494 e. The highest BCUT2D eigenvalue weighted by Crippen LogP contribution is 2.33. The van der Waals surface area contributed by atoms with E-state index in [9.17, 15) is 4.39 Å². The minimum absolute atomic E-state index is 0.166. The highest BCUT2D eigenvalue weighted by molar-refractivity contribution is 5.37. The molecule has 0 spiro atoms. The van der Waals surface area contributed by atoms with Gasteiger partial charge in [0.25, 0.3) is 0 Å². The van der Waals surface area contributed by atoms with E-state index in [0.29, 0.717) is 12.5 Å². The molecule has 0 aromatic heterocycles. The highest BCUT2D eigenvalue weighted by Gasteiger charge is 2.15. The van der Waals surface area contributed by atoms with Crippen LogP contribution in [-0.4, -0.2) is 6.61 Å². The molecule has 1 nitrogen and oxygen atoms in total. The Morgan fingerprint density at radius 2 is 1.76 bits per heavy atom. The summed E-state index contributed by atoms with van der Waals surface area (Å²) in [6.07, 6.45) is 4.42. The van der Waals surface area contributed by atoms with E-state index in [4.69, 9.17) is 4.74 Å². The van der Waals surface area contributed by atoms with E-state index < -0.39 is 0 Å². The Morgan fingerprint density at radius 3 is 2.29 bits per heavy atom. The Kier molecular flexibility index (Phi) is 6.03. The minimum Gasteiger partial charge on any atom is -0.494 e. The lowest BCUT2D eigenvalue weighted by Gasteiger charge is -2.19. The van der Waals surface area contributed by atoms with E-state index in [2.05, 4.69) is 13.8 Å². The summed E-state index contributed by atoms with van der Waals surface area (Å²) in [5, 5.41) is 0. The summed E-state index contributed by atoms with van der Waals surface area (Å²) in [6, 6.07) is 4.87. The second kappa shape index (κ2) is 7.31. The predicted molar refractivity (Wildman–Crippen MR) is 70.1 cm³/mol. The van der Waals surface area contributed by atoms with E-state index in [1.54, 1.807) is 12.1 Å². The van der Waals surface area contributed by atoms with Crippen LogP contribution in [0.5, 0.6) is 5.75 Å². The van der Waals surface area contributed by atoms with Crippen LogP contribution in [-0.2, 0) is 0 Å². The summed E-state index contributed by atoms with van der Waals surface area (Å²) in [5.74, 6) is 1.10. The number of ether oxygens (including phenoxy) is 1. The van der Waals surface area contributed by atoms with Gasteiger partial charge in [0.2, 0.25) is 0 Å². The zero-order valence-electron chi connectivity index (χ0n) is 11.1. The van der Waals surface area contributed by atoms with E-state index >= 15 is 0 Å². The van der Waals surface area contributed by atoms with Crippen LogP contribution in [0, 0.1) is 5.82 Å². The van der Waals surface area contributed by atoms with Crippen LogP contribution in [0.3, 0.4) is 0 Å². The van der Waals surface area contributed by atoms with Crippen LogP contribution in [0.1, 0.15) is 57.9 Å². The Hall–Kier alpha value is -1.05. The molecule has 0 bridgehead atoms. The highest BCUT2D eigenvalue weighted by atomic mass is 19.1. The molecule has 1 rings (SSSR count). The van der Waals surface area contributed by atoms with Gasteiger partial charge in [0.15, 0.2) is 0 Å². The molecule has 0 saturated heterocycles. The van der Waals surface area contributed by atoms with Crippen molar-refractivity contribution in [2.45, 2.75) is 52.4 Å². The van der Waals surface area contributed by atoms with E-state index in [-0.39, 0.29) is 5.82 Å². The van der Waals surface area contributed by atoms with E-state index in [0.717, 1.165) is 37.0 Å². The number of halogens is 1. The first-order chi connectivity index (χ1) is 8.22. The molecule has 0 N–H and O–H groups in total. The lowest BCUT2D eigenvalue weighted by molar-refractivity contribution is 0.331. The number of hydrogen-bond donors (Lipinski definition) is 0. The minimum atomic E-state index is -0.166. The maximum Gasteiger partial charge on any atom is 0.123 e. The topological polar surface area (TPSA) is 9.23 Å². The van der Waals surface area contributed by atoms with Gasteiger partial charge in [-0.15, -0.1) is 0 Å². The van der Waals surface area contributed by atoms with Crippen molar-refractivity contribution in [3.8, 4) is 5.75 Å². The van der Waals surface area contributed by atoms with Crippen molar-refractivity contribution in [3.63, 3.8) is 0 Å². The SMILES string of the molecule is CCCC(CCC)c1cc(F)ccc1OCC. The van der Waals surface area contributed by atoms with Gasteiger partial charge in [0, 0.05) is 5.56 Å². The molecule has 0 heterocycles. The molecule has 96 valence electrons. The summed E-state index contributed by atoms with van der Waals surface area (Å²) in [5.41, 5.74) is 1.04. The molecule has 0 radical (unpaired) electrons. The molecule has 0 unspecified atom stereocenters. The Bertz CT molecular complexity index is 330. The van der Waals surface area contributed by atoms with Crippen LogP contribution in [0.25, 0.3) is 0 Å². The second-order valence-electron chi connectivity index (χ2n) is 4.39. The maximum atomic E-state index is 13.4. The maximum absolute atomic E-state index is 13.4. The average molecular weight is 238 g/mol. The molecule has 0 amide bonds. The van der Waals surface area contributed by atoms with Crippen molar-refractivity contribution in [1.82, 2.24) is 0 Å². The zero-order valence-corrected chi connectivity index (χ0v) is 11.1. The van der Waals surface area contributed by atoms with Crippen molar-refractivity contribution < 1.29 is 9.13 Å². The third-order valence-corrected chi connectivity index (χ3v) is 2.99. The molecule has 0 aliphatic carbocycles. The van der Waals surface area contributed by atoms with Crippen molar-refractivity contribution in [2.24, 2.45) is 0 Å². The molecule has 0 aliphatic heterocycles. The van der Waals surface area contributed by atoms with Gasteiger partial charge >= 0.3 is 0 Å². The summed E-state index contributed by atoms with van der Waals surface area (Å²) in [4.78, 5) is 0. The average Bonchev–Trinajstić information content (AvgIpc) is 2.31. The Morgan fingerprint density at radius 1 is 1.12 bits per heavy atom. The molecular weight excluding hydrogens is 215 g/mol. The fourth-order valence-electron chi connectivity index (χ4n) is 2.28. The molecule has 0 saturated carbocycles. The molecule has 1 aromatic rings. The fraction of sp³-hybridized carbons (Fsp3) is 0.600. The van der Waals surface area contributed by atoms with Crippen molar-refractivity contribution in [3.05, 3.63) is 29.6 Å². The third-order valence-electron chi connectivity index (χ3n) is 2.99. The van der Waals surface area contributed by atoms with Gasteiger partial charge in [-0.25, -0.2) is 4.39 Å². The van der Waals surface area contributed by atoms with Gasteiger partial charge in [-0.1, -0.05) is 26.7 Å². The predicted octanol–water partition coefficient (Wildman–Crippen LogP) is 4.91. The van der Waals surface area contributed by atoms with Crippen LogP contribution in [0.15, 0.2) is 18.2 Å².